The van der Waals surface area contributed by atoms with Crippen molar-refractivity contribution in [1.82, 2.24) is 10.2 Å². The van der Waals surface area contributed by atoms with Crippen molar-refractivity contribution in [1.29, 1.82) is 0 Å². The third-order valence-corrected chi connectivity index (χ3v) is 4.67. The van der Waals surface area contributed by atoms with Gasteiger partial charge >= 0.3 is 0 Å². The van der Waals surface area contributed by atoms with Crippen LogP contribution in [0.4, 0.5) is 0 Å². The molecular weight excluding hydrogens is 344 g/mol. The highest BCUT2D eigenvalue weighted by Crippen LogP contribution is 2.29. The molecule has 144 valence electrons. The summed E-state index contributed by atoms with van der Waals surface area (Å²) in [7, 11) is 3.37. The summed E-state index contributed by atoms with van der Waals surface area (Å²) in [4.78, 5) is 14.1. The van der Waals surface area contributed by atoms with Gasteiger partial charge in [0, 0.05) is 20.1 Å². The van der Waals surface area contributed by atoms with Gasteiger partial charge in [-0.15, -0.1) is 0 Å². The van der Waals surface area contributed by atoms with Crippen LogP contribution in [0, 0.1) is 0 Å². The van der Waals surface area contributed by atoms with Crippen LogP contribution in [0.3, 0.4) is 0 Å². The summed E-state index contributed by atoms with van der Waals surface area (Å²) < 4.78 is 11.3. The topological polar surface area (TPSA) is 71.0 Å². The molecule has 1 aliphatic rings. The Morgan fingerprint density at radius 1 is 1.19 bits per heavy atom. The van der Waals surface area contributed by atoms with Gasteiger partial charge < -0.3 is 24.8 Å². The van der Waals surface area contributed by atoms with Gasteiger partial charge in [0.2, 0.25) is 5.91 Å². The molecule has 2 unspecified atom stereocenters. The van der Waals surface area contributed by atoms with Gasteiger partial charge in [-0.25, -0.2) is 0 Å². The number of hydrogen-bond donors (Lipinski definition) is 2. The maximum Gasteiger partial charge on any atom is 0.239 e. The number of carbonyl (C=O) groups excluding carboxylic acids is 1. The van der Waals surface area contributed by atoms with Gasteiger partial charge in [-0.05, 0) is 29.7 Å². The van der Waals surface area contributed by atoms with Crippen LogP contribution in [0.2, 0.25) is 0 Å². The van der Waals surface area contributed by atoms with Crippen LogP contribution in [0.25, 0.3) is 0 Å². The van der Waals surface area contributed by atoms with E-state index in [0.717, 1.165) is 11.1 Å². The number of carbonyl (C=O) groups is 1. The Hall–Kier alpha value is -2.57. The molecule has 0 aromatic heterocycles. The molecule has 1 saturated heterocycles. The standard InChI is InChI=1S/C21H26N2O4/c1-23(21(25)18-11-17(24)12-22-18)13-16-8-9-19(20(10-16)26-2)27-14-15-6-4-3-5-7-15/h3-10,17-18,22,24H,11-14H2,1-2H3. The number of hydrogen-bond acceptors (Lipinski definition) is 5. The van der Waals surface area contributed by atoms with Crippen LogP contribution in [-0.2, 0) is 17.9 Å². The van der Waals surface area contributed by atoms with Crippen molar-refractivity contribution in [3.05, 3.63) is 59.7 Å². The number of nitrogens with zero attached hydrogens (tertiary/aromatic N) is 1. The number of ether oxygens (including phenoxy) is 2. The highest BCUT2D eigenvalue weighted by molar-refractivity contribution is 5.82. The Morgan fingerprint density at radius 3 is 2.63 bits per heavy atom. The van der Waals surface area contributed by atoms with E-state index in [1.54, 1.807) is 19.1 Å². The molecule has 2 N–H and O–H groups in total. The zero-order valence-corrected chi connectivity index (χ0v) is 15.7. The molecule has 0 saturated carbocycles. The Morgan fingerprint density at radius 2 is 1.96 bits per heavy atom. The number of likely N-dealkylation sites (N-methyl/N-ethyl adjacent to an activating group) is 1. The zero-order chi connectivity index (χ0) is 19.2. The summed E-state index contributed by atoms with van der Waals surface area (Å²) in [6.07, 6.45) is 0.00663. The molecule has 1 fully saturated rings. The van der Waals surface area contributed by atoms with E-state index in [1.165, 1.54) is 0 Å². The van der Waals surface area contributed by atoms with Crippen molar-refractivity contribution in [3.63, 3.8) is 0 Å². The molecule has 1 aliphatic heterocycles. The fourth-order valence-corrected chi connectivity index (χ4v) is 3.19. The lowest BCUT2D eigenvalue weighted by molar-refractivity contribution is -0.132. The average molecular weight is 370 g/mol. The number of aliphatic hydroxyl groups excluding tert-OH is 1. The number of nitrogens with one attached hydrogen (secondary N) is 1. The van der Waals surface area contributed by atoms with E-state index in [9.17, 15) is 9.90 Å². The van der Waals surface area contributed by atoms with E-state index in [2.05, 4.69) is 5.32 Å². The van der Waals surface area contributed by atoms with Gasteiger partial charge in [-0.2, -0.15) is 0 Å². The molecule has 2 aromatic carbocycles. The highest BCUT2D eigenvalue weighted by atomic mass is 16.5. The molecule has 6 heteroatoms. The van der Waals surface area contributed by atoms with Crippen molar-refractivity contribution in [3.8, 4) is 11.5 Å². The van der Waals surface area contributed by atoms with Gasteiger partial charge in [0.25, 0.3) is 0 Å². The smallest absolute Gasteiger partial charge is 0.239 e. The predicted octanol–water partition coefficient (Wildman–Crippen LogP) is 1.96. The van der Waals surface area contributed by atoms with E-state index in [4.69, 9.17) is 9.47 Å². The number of β-amino-alcohol motifs (C(OH)–C–C–N with tert-alkyl or cyclic N) is 1. The average Bonchev–Trinajstić information content (AvgIpc) is 3.13. The highest BCUT2D eigenvalue weighted by Gasteiger charge is 2.30. The third kappa shape index (κ3) is 4.99. The zero-order valence-electron chi connectivity index (χ0n) is 15.7. The van der Waals surface area contributed by atoms with E-state index in [1.807, 2.05) is 48.5 Å². The molecule has 0 radical (unpaired) electrons. The van der Waals surface area contributed by atoms with E-state index in [0.29, 0.717) is 37.6 Å². The SMILES string of the molecule is COc1cc(CN(C)C(=O)C2CC(O)CN2)ccc1OCc1ccccc1. The Labute approximate surface area is 159 Å². The monoisotopic (exact) mass is 370 g/mol. The first-order valence-electron chi connectivity index (χ1n) is 9.07. The molecule has 3 rings (SSSR count). The lowest BCUT2D eigenvalue weighted by Crippen LogP contribution is -2.41. The quantitative estimate of drug-likeness (QED) is 0.780. The number of amides is 1. The second-order valence-corrected chi connectivity index (χ2v) is 6.80. The first kappa shape index (κ1) is 19.2. The third-order valence-electron chi connectivity index (χ3n) is 4.67. The Bertz CT molecular complexity index is 766. The van der Waals surface area contributed by atoms with Gasteiger partial charge in [0.15, 0.2) is 11.5 Å². The van der Waals surface area contributed by atoms with Crippen LogP contribution in [0.5, 0.6) is 11.5 Å². The number of benzene rings is 2. The van der Waals surface area contributed by atoms with Gasteiger partial charge in [-0.1, -0.05) is 36.4 Å². The maximum absolute atomic E-state index is 12.5. The van der Waals surface area contributed by atoms with E-state index in [-0.39, 0.29) is 11.9 Å². The minimum Gasteiger partial charge on any atom is -0.493 e. The summed E-state index contributed by atoms with van der Waals surface area (Å²) in [5.41, 5.74) is 2.04. The van der Waals surface area contributed by atoms with Crippen molar-refractivity contribution in [2.24, 2.45) is 0 Å². The predicted molar refractivity (Wildman–Crippen MR) is 103 cm³/mol. The number of methoxy groups -OCH3 is 1. The van der Waals surface area contributed by atoms with Crippen molar-refractivity contribution in [2.45, 2.75) is 31.7 Å². The van der Waals surface area contributed by atoms with Crippen LogP contribution in [0.1, 0.15) is 17.5 Å². The molecule has 27 heavy (non-hydrogen) atoms. The fourth-order valence-electron chi connectivity index (χ4n) is 3.19. The normalized spacial score (nSPS) is 18.9. The summed E-state index contributed by atoms with van der Waals surface area (Å²) in [5.74, 6) is 1.29. The summed E-state index contributed by atoms with van der Waals surface area (Å²) >= 11 is 0. The molecule has 1 heterocycles. The van der Waals surface area contributed by atoms with Gasteiger partial charge in [0.05, 0.1) is 19.3 Å². The van der Waals surface area contributed by atoms with Crippen LogP contribution < -0.4 is 14.8 Å². The fraction of sp³-hybridized carbons (Fsp3) is 0.381. The molecule has 0 aliphatic carbocycles. The molecule has 0 bridgehead atoms. The molecule has 2 atom stereocenters. The minimum atomic E-state index is -0.450. The van der Waals surface area contributed by atoms with Crippen molar-refractivity contribution < 1.29 is 19.4 Å². The van der Waals surface area contributed by atoms with Gasteiger partial charge in [0.1, 0.15) is 6.61 Å². The first-order chi connectivity index (χ1) is 13.1. The second kappa shape index (κ2) is 8.88. The van der Waals surface area contributed by atoms with Crippen LogP contribution in [-0.4, -0.2) is 48.8 Å². The van der Waals surface area contributed by atoms with Crippen LogP contribution >= 0.6 is 0 Å². The lowest BCUT2D eigenvalue weighted by atomic mass is 10.1. The number of aliphatic hydroxyl groups is 1. The van der Waals surface area contributed by atoms with Crippen molar-refractivity contribution in [2.75, 3.05) is 20.7 Å². The minimum absolute atomic E-state index is 0.0186. The summed E-state index contributed by atoms with van der Waals surface area (Å²) in [5, 5.41) is 12.6. The van der Waals surface area contributed by atoms with Crippen molar-refractivity contribution >= 4 is 5.91 Å². The maximum atomic E-state index is 12.5. The molecule has 2 aromatic rings. The van der Waals surface area contributed by atoms with Crippen LogP contribution in [0.15, 0.2) is 48.5 Å². The molecular formula is C21H26N2O4. The Balaban J connectivity index is 1.62. The van der Waals surface area contributed by atoms with Gasteiger partial charge in [-0.3, -0.25) is 4.79 Å². The molecule has 6 nitrogen and oxygen atoms in total. The molecule has 0 spiro atoms. The lowest BCUT2D eigenvalue weighted by Gasteiger charge is -2.22. The molecule has 1 amide bonds. The Kier molecular flexibility index (Phi) is 6.32. The van der Waals surface area contributed by atoms with E-state index >= 15 is 0 Å². The number of rotatable bonds is 7. The first-order valence-corrected chi connectivity index (χ1v) is 9.07. The van der Waals surface area contributed by atoms with E-state index < -0.39 is 6.10 Å². The second-order valence-electron chi connectivity index (χ2n) is 6.80. The largest absolute Gasteiger partial charge is 0.493 e. The summed E-state index contributed by atoms with van der Waals surface area (Å²) in [6, 6.07) is 15.3. The summed E-state index contributed by atoms with van der Waals surface area (Å²) in [6.45, 7) is 1.39.